The summed E-state index contributed by atoms with van der Waals surface area (Å²) >= 11 is 0. The highest BCUT2D eigenvalue weighted by molar-refractivity contribution is 5.35. The van der Waals surface area contributed by atoms with E-state index in [9.17, 15) is 0 Å². The molecule has 0 amide bonds. The summed E-state index contributed by atoms with van der Waals surface area (Å²) in [4.78, 5) is 7.00. The largest absolute Gasteiger partial charge is 0.333 e. The fourth-order valence-electron chi connectivity index (χ4n) is 2.92. The second-order valence-electron chi connectivity index (χ2n) is 5.29. The Morgan fingerprint density at radius 3 is 2.53 bits per heavy atom. The van der Waals surface area contributed by atoms with E-state index < -0.39 is 0 Å². The number of nitrogens with two attached hydrogens (primary N) is 1. The van der Waals surface area contributed by atoms with Crippen LogP contribution >= 0.6 is 0 Å². The first-order chi connectivity index (χ1) is 9.21. The first kappa shape index (κ1) is 14.2. The standard InChI is InChI=1S/C14H25N5/c1-4-12-13(5-2)17-18-14(16-12)19-10(3)7-6-8-11(19)9-15/h10-11H,4-9,15H2,1-3H3. The van der Waals surface area contributed by atoms with Crippen LogP contribution in [0.2, 0.25) is 0 Å². The number of hydrogen-bond acceptors (Lipinski definition) is 5. The van der Waals surface area contributed by atoms with Crippen LogP contribution in [0.1, 0.15) is 51.4 Å². The first-order valence-corrected chi connectivity index (χ1v) is 7.42. The number of piperidine rings is 1. The van der Waals surface area contributed by atoms with E-state index in [-0.39, 0.29) is 0 Å². The monoisotopic (exact) mass is 263 g/mol. The van der Waals surface area contributed by atoms with E-state index in [1.807, 2.05) is 0 Å². The molecule has 0 aromatic carbocycles. The summed E-state index contributed by atoms with van der Waals surface area (Å²) in [6.07, 6.45) is 5.33. The molecule has 2 N–H and O–H groups in total. The second-order valence-corrected chi connectivity index (χ2v) is 5.29. The van der Waals surface area contributed by atoms with Gasteiger partial charge in [0.05, 0.1) is 11.4 Å². The molecule has 1 saturated heterocycles. The molecule has 1 aromatic heterocycles. The first-order valence-electron chi connectivity index (χ1n) is 7.42. The molecule has 19 heavy (non-hydrogen) atoms. The third-order valence-corrected chi connectivity index (χ3v) is 4.03. The van der Waals surface area contributed by atoms with Gasteiger partial charge in [-0.1, -0.05) is 13.8 Å². The van der Waals surface area contributed by atoms with Crippen molar-refractivity contribution >= 4 is 5.95 Å². The van der Waals surface area contributed by atoms with Gasteiger partial charge in [0.15, 0.2) is 0 Å². The minimum Gasteiger partial charge on any atom is -0.333 e. The lowest BCUT2D eigenvalue weighted by Gasteiger charge is -2.40. The molecule has 0 spiro atoms. The van der Waals surface area contributed by atoms with Crippen molar-refractivity contribution in [2.45, 2.75) is 65.0 Å². The minimum atomic E-state index is 0.350. The summed E-state index contributed by atoms with van der Waals surface area (Å²) in [7, 11) is 0. The lowest BCUT2D eigenvalue weighted by Crippen LogP contribution is -2.50. The Kier molecular flexibility index (Phi) is 4.69. The van der Waals surface area contributed by atoms with Crippen LogP contribution in [0.4, 0.5) is 5.95 Å². The number of nitrogens with zero attached hydrogens (tertiary/aromatic N) is 4. The van der Waals surface area contributed by atoms with Gasteiger partial charge < -0.3 is 10.6 Å². The van der Waals surface area contributed by atoms with E-state index in [0.717, 1.165) is 36.6 Å². The molecule has 5 nitrogen and oxygen atoms in total. The smallest absolute Gasteiger partial charge is 0.246 e. The molecule has 2 atom stereocenters. The summed E-state index contributed by atoms with van der Waals surface area (Å²) in [5.74, 6) is 0.761. The number of anilines is 1. The van der Waals surface area contributed by atoms with Crippen LogP contribution in [0, 0.1) is 0 Å². The zero-order chi connectivity index (χ0) is 13.8. The van der Waals surface area contributed by atoms with Crippen molar-refractivity contribution in [1.29, 1.82) is 0 Å². The van der Waals surface area contributed by atoms with Crippen LogP contribution in [0.25, 0.3) is 0 Å². The number of aromatic nitrogens is 3. The van der Waals surface area contributed by atoms with Crippen molar-refractivity contribution in [2.24, 2.45) is 5.73 Å². The van der Waals surface area contributed by atoms with Gasteiger partial charge in [-0.25, -0.2) is 4.98 Å². The van der Waals surface area contributed by atoms with Gasteiger partial charge in [0.2, 0.25) is 5.95 Å². The van der Waals surface area contributed by atoms with Gasteiger partial charge in [-0.05, 0) is 39.0 Å². The van der Waals surface area contributed by atoms with E-state index >= 15 is 0 Å². The molecular formula is C14H25N5. The van der Waals surface area contributed by atoms with E-state index in [4.69, 9.17) is 10.7 Å². The zero-order valence-electron chi connectivity index (χ0n) is 12.3. The Bertz CT molecular complexity index is 420. The van der Waals surface area contributed by atoms with Crippen molar-refractivity contribution in [3.63, 3.8) is 0 Å². The van der Waals surface area contributed by atoms with Crippen molar-refractivity contribution < 1.29 is 0 Å². The molecule has 0 bridgehead atoms. The Balaban J connectivity index is 2.33. The van der Waals surface area contributed by atoms with Gasteiger partial charge in [-0.2, -0.15) is 5.10 Å². The summed E-state index contributed by atoms with van der Waals surface area (Å²) in [6.45, 7) is 7.10. The average molecular weight is 263 g/mol. The highest BCUT2D eigenvalue weighted by Crippen LogP contribution is 2.26. The van der Waals surface area contributed by atoms with Crippen molar-refractivity contribution in [1.82, 2.24) is 15.2 Å². The van der Waals surface area contributed by atoms with Crippen LogP contribution in [0.15, 0.2) is 0 Å². The average Bonchev–Trinajstić information content (AvgIpc) is 2.46. The van der Waals surface area contributed by atoms with E-state index in [1.54, 1.807) is 0 Å². The van der Waals surface area contributed by atoms with E-state index in [2.05, 4.69) is 35.9 Å². The third-order valence-electron chi connectivity index (χ3n) is 4.03. The van der Waals surface area contributed by atoms with Crippen LogP contribution in [-0.4, -0.2) is 33.8 Å². The highest BCUT2D eigenvalue weighted by Gasteiger charge is 2.29. The molecule has 0 saturated carbocycles. The van der Waals surface area contributed by atoms with Crippen LogP contribution in [0.5, 0.6) is 0 Å². The van der Waals surface area contributed by atoms with Crippen molar-refractivity contribution in [3.8, 4) is 0 Å². The predicted molar refractivity (Wildman–Crippen MR) is 77.2 cm³/mol. The summed E-state index contributed by atoms with van der Waals surface area (Å²) in [5.41, 5.74) is 7.99. The minimum absolute atomic E-state index is 0.350. The topological polar surface area (TPSA) is 67.9 Å². The second kappa shape index (κ2) is 6.28. The maximum Gasteiger partial charge on any atom is 0.246 e. The quantitative estimate of drug-likeness (QED) is 0.895. The number of hydrogen-bond donors (Lipinski definition) is 1. The molecular weight excluding hydrogens is 238 g/mol. The molecule has 1 aliphatic heterocycles. The number of aryl methyl sites for hydroxylation is 2. The highest BCUT2D eigenvalue weighted by atomic mass is 15.4. The Morgan fingerprint density at radius 2 is 1.89 bits per heavy atom. The fraction of sp³-hybridized carbons (Fsp3) is 0.786. The number of rotatable bonds is 4. The summed E-state index contributed by atoms with van der Waals surface area (Å²) in [5, 5.41) is 8.69. The zero-order valence-corrected chi connectivity index (χ0v) is 12.3. The molecule has 2 heterocycles. The van der Waals surface area contributed by atoms with Gasteiger partial charge in [-0.15, -0.1) is 5.10 Å². The summed E-state index contributed by atoms with van der Waals surface area (Å²) in [6, 6.07) is 0.795. The SMILES string of the molecule is CCc1nnc(N2C(C)CCCC2CN)nc1CC. The molecule has 0 radical (unpaired) electrons. The van der Waals surface area contributed by atoms with Crippen LogP contribution in [-0.2, 0) is 12.8 Å². The Morgan fingerprint density at radius 1 is 1.16 bits per heavy atom. The van der Waals surface area contributed by atoms with Gasteiger partial charge in [0.25, 0.3) is 0 Å². The van der Waals surface area contributed by atoms with Gasteiger partial charge >= 0.3 is 0 Å². The Labute approximate surface area is 115 Å². The van der Waals surface area contributed by atoms with E-state index in [1.165, 1.54) is 12.8 Å². The maximum atomic E-state index is 5.90. The Hall–Kier alpha value is -1.23. The van der Waals surface area contributed by atoms with Crippen molar-refractivity contribution in [2.75, 3.05) is 11.4 Å². The van der Waals surface area contributed by atoms with E-state index in [0.29, 0.717) is 18.6 Å². The normalized spacial score (nSPS) is 23.7. The molecule has 2 rings (SSSR count). The lowest BCUT2D eigenvalue weighted by atomic mass is 9.97. The molecule has 1 fully saturated rings. The summed E-state index contributed by atoms with van der Waals surface area (Å²) < 4.78 is 0. The fourth-order valence-corrected chi connectivity index (χ4v) is 2.92. The van der Waals surface area contributed by atoms with Gasteiger partial charge in [0, 0.05) is 18.6 Å². The molecule has 0 aliphatic carbocycles. The molecule has 106 valence electrons. The van der Waals surface area contributed by atoms with Crippen molar-refractivity contribution in [3.05, 3.63) is 11.4 Å². The lowest BCUT2D eigenvalue weighted by molar-refractivity contribution is 0.392. The van der Waals surface area contributed by atoms with Crippen LogP contribution < -0.4 is 10.6 Å². The predicted octanol–water partition coefficient (Wildman–Crippen LogP) is 1.70. The molecule has 2 unspecified atom stereocenters. The van der Waals surface area contributed by atoms with Crippen LogP contribution in [0.3, 0.4) is 0 Å². The molecule has 5 heteroatoms. The molecule has 1 aromatic rings. The maximum absolute atomic E-state index is 5.90. The van der Waals surface area contributed by atoms with Gasteiger partial charge in [0.1, 0.15) is 0 Å². The van der Waals surface area contributed by atoms with Gasteiger partial charge in [-0.3, -0.25) is 0 Å². The molecule has 1 aliphatic rings. The third kappa shape index (κ3) is 2.86.